The zero-order valence-corrected chi connectivity index (χ0v) is 11.3. The highest BCUT2D eigenvalue weighted by atomic mass is 16.5. The molecule has 2 unspecified atom stereocenters. The zero-order chi connectivity index (χ0) is 13.2. The van der Waals surface area contributed by atoms with Crippen LogP contribution in [0.1, 0.15) is 25.3 Å². The van der Waals surface area contributed by atoms with Crippen molar-refractivity contribution in [2.24, 2.45) is 0 Å². The Balaban J connectivity index is 1.90. The number of hydrogen-bond donors (Lipinski definition) is 1. The maximum atomic E-state index is 12.5. The van der Waals surface area contributed by atoms with Crippen LogP contribution in [0.15, 0.2) is 24.3 Å². The molecule has 102 valence electrons. The van der Waals surface area contributed by atoms with Gasteiger partial charge in [0.1, 0.15) is 0 Å². The smallest absolute Gasteiger partial charge is 0.243 e. The van der Waals surface area contributed by atoms with E-state index in [1.807, 2.05) is 30.0 Å². The van der Waals surface area contributed by atoms with Crippen molar-refractivity contribution in [1.82, 2.24) is 5.32 Å². The molecule has 0 bridgehead atoms. The van der Waals surface area contributed by atoms with Crippen LogP contribution in [-0.2, 0) is 16.1 Å². The summed E-state index contributed by atoms with van der Waals surface area (Å²) in [4.78, 5) is 14.4. The van der Waals surface area contributed by atoms with Gasteiger partial charge in [-0.15, -0.1) is 0 Å². The summed E-state index contributed by atoms with van der Waals surface area (Å²) in [6.07, 6.45) is 2.33. The molecule has 4 heteroatoms. The van der Waals surface area contributed by atoms with Crippen LogP contribution in [0.3, 0.4) is 0 Å². The van der Waals surface area contributed by atoms with Gasteiger partial charge in [-0.2, -0.15) is 0 Å². The highest BCUT2D eigenvalue weighted by molar-refractivity contribution is 5.98. The van der Waals surface area contributed by atoms with Crippen LogP contribution in [0.4, 0.5) is 5.69 Å². The van der Waals surface area contributed by atoms with Gasteiger partial charge in [-0.05, 0) is 31.4 Å². The van der Waals surface area contributed by atoms with Gasteiger partial charge in [-0.25, -0.2) is 0 Å². The van der Waals surface area contributed by atoms with Gasteiger partial charge in [0.25, 0.3) is 0 Å². The molecule has 2 aliphatic heterocycles. The fraction of sp³-hybridized carbons (Fsp3) is 0.533. The number of rotatable bonds is 2. The third-order valence-electron chi connectivity index (χ3n) is 3.93. The van der Waals surface area contributed by atoms with Crippen molar-refractivity contribution in [2.45, 2.75) is 38.5 Å². The predicted molar refractivity (Wildman–Crippen MR) is 74.1 cm³/mol. The van der Waals surface area contributed by atoms with Crippen molar-refractivity contribution < 1.29 is 9.53 Å². The average molecular weight is 260 g/mol. The van der Waals surface area contributed by atoms with Gasteiger partial charge in [-0.1, -0.05) is 18.2 Å². The molecule has 2 atom stereocenters. The Hall–Kier alpha value is -1.39. The van der Waals surface area contributed by atoms with Crippen LogP contribution < -0.4 is 10.2 Å². The zero-order valence-electron chi connectivity index (χ0n) is 11.3. The Morgan fingerprint density at radius 2 is 2.26 bits per heavy atom. The number of para-hydroxylation sites is 1. The summed E-state index contributed by atoms with van der Waals surface area (Å²) in [5.74, 6) is 0.139. The average Bonchev–Trinajstić information content (AvgIpc) is 2.91. The molecule has 1 N–H and O–H groups in total. The van der Waals surface area contributed by atoms with Gasteiger partial charge in [0.2, 0.25) is 5.91 Å². The highest BCUT2D eigenvalue weighted by Gasteiger charge is 2.30. The summed E-state index contributed by atoms with van der Waals surface area (Å²) < 4.78 is 5.68. The summed E-state index contributed by atoms with van der Waals surface area (Å²) in [5.41, 5.74) is 2.21. The van der Waals surface area contributed by atoms with Gasteiger partial charge in [-0.3, -0.25) is 4.79 Å². The van der Waals surface area contributed by atoms with Crippen LogP contribution in [0.2, 0.25) is 0 Å². The van der Waals surface area contributed by atoms with E-state index < -0.39 is 0 Å². The molecule has 2 heterocycles. The molecule has 1 saturated heterocycles. The Morgan fingerprint density at radius 1 is 1.42 bits per heavy atom. The number of anilines is 1. The first-order chi connectivity index (χ1) is 9.25. The van der Waals surface area contributed by atoms with Crippen LogP contribution in [0.25, 0.3) is 0 Å². The van der Waals surface area contributed by atoms with Crippen molar-refractivity contribution in [3.05, 3.63) is 29.8 Å². The SMILES string of the molecule is CC1NCc2ccccc2N(CC2CCCO2)C1=O. The molecule has 19 heavy (non-hydrogen) atoms. The lowest BCUT2D eigenvalue weighted by atomic mass is 10.1. The summed E-state index contributed by atoms with van der Waals surface area (Å²) in [6.45, 7) is 4.16. The lowest BCUT2D eigenvalue weighted by molar-refractivity contribution is -0.120. The molecule has 1 aromatic rings. The van der Waals surface area contributed by atoms with Crippen molar-refractivity contribution in [3.63, 3.8) is 0 Å². The van der Waals surface area contributed by atoms with E-state index in [2.05, 4.69) is 11.4 Å². The molecular formula is C15H20N2O2. The monoisotopic (exact) mass is 260 g/mol. The summed E-state index contributed by atoms with van der Waals surface area (Å²) in [6, 6.07) is 7.97. The van der Waals surface area contributed by atoms with Crippen LogP contribution in [0.5, 0.6) is 0 Å². The Bertz CT molecular complexity index is 469. The topological polar surface area (TPSA) is 41.6 Å². The van der Waals surface area contributed by atoms with E-state index in [0.717, 1.165) is 31.7 Å². The van der Waals surface area contributed by atoms with Gasteiger partial charge in [0.05, 0.1) is 18.7 Å². The van der Waals surface area contributed by atoms with Crippen molar-refractivity contribution >= 4 is 11.6 Å². The molecule has 3 rings (SSSR count). The van der Waals surface area contributed by atoms with E-state index in [4.69, 9.17) is 4.74 Å². The molecule has 0 aliphatic carbocycles. The minimum atomic E-state index is -0.145. The lowest BCUT2D eigenvalue weighted by Crippen LogP contribution is -2.45. The number of carbonyl (C=O) groups is 1. The van der Waals surface area contributed by atoms with Crippen molar-refractivity contribution in [1.29, 1.82) is 0 Å². The molecule has 0 saturated carbocycles. The quantitative estimate of drug-likeness (QED) is 0.880. The van der Waals surface area contributed by atoms with Crippen LogP contribution in [0, 0.1) is 0 Å². The number of ether oxygens (including phenoxy) is 1. The van der Waals surface area contributed by atoms with Crippen LogP contribution >= 0.6 is 0 Å². The largest absolute Gasteiger partial charge is 0.376 e. The van der Waals surface area contributed by atoms with E-state index >= 15 is 0 Å². The maximum absolute atomic E-state index is 12.5. The van der Waals surface area contributed by atoms with Gasteiger partial charge >= 0.3 is 0 Å². The molecule has 0 aromatic heterocycles. The standard InChI is InChI=1S/C15H20N2O2/c1-11-15(18)17(10-13-6-4-8-19-13)14-7-3-2-5-12(14)9-16-11/h2-3,5,7,11,13,16H,4,6,8-10H2,1H3. The lowest BCUT2D eigenvalue weighted by Gasteiger charge is -2.26. The molecule has 1 fully saturated rings. The maximum Gasteiger partial charge on any atom is 0.243 e. The Kier molecular flexibility index (Phi) is 3.53. The molecule has 0 radical (unpaired) electrons. The second-order valence-electron chi connectivity index (χ2n) is 5.32. The second-order valence-corrected chi connectivity index (χ2v) is 5.32. The normalized spacial score (nSPS) is 27.2. The fourth-order valence-corrected chi connectivity index (χ4v) is 2.81. The second kappa shape index (κ2) is 5.31. The molecule has 1 aromatic carbocycles. The molecule has 2 aliphatic rings. The first-order valence-electron chi connectivity index (χ1n) is 7.00. The molecule has 1 amide bonds. The number of nitrogens with one attached hydrogen (secondary N) is 1. The minimum absolute atomic E-state index is 0.139. The Labute approximate surface area is 113 Å². The number of hydrogen-bond acceptors (Lipinski definition) is 3. The minimum Gasteiger partial charge on any atom is -0.376 e. The van der Waals surface area contributed by atoms with Crippen LogP contribution in [-0.4, -0.2) is 31.2 Å². The van der Waals surface area contributed by atoms with E-state index in [9.17, 15) is 4.79 Å². The molecule has 4 nitrogen and oxygen atoms in total. The summed E-state index contributed by atoms with van der Waals surface area (Å²) >= 11 is 0. The first kappa shape index (κ1) is 12.6. The number of amides is 1. The third kappa shape index (κ3) is 2.51. The van der Waals surface area contributed by atoms with Crippen molar-refractivity contribution in [2.75, 3.05) is 18.1 Å². The molecular weight excluding hydrogens is 240 g/mol. The Morgan fingerprint density at radius 3 is 3.05 bits per heavy atom. The van der Waals surface area contributed by atoms with E-state index in [1.54, 1.807) is 0 Å². The molecule has 0 spiro atoms. The van der Waals surface area contributed by atoms with E-state index in [-0.39, 0.29) is 18.1 Å². The van der Waals surface area contributed by atoms with Gasteiger partial charge < -0.3 is 15.0 Å². The highest BCUT2D eigenvalue weighted by Crippen LogP contribution is 2.26. The van der Waals surface area contributed by atoms with Gasteiger partial charge in [0, 0.05) is 18.8 Å². The predicted octanol–water partition coefficient (Wildman–Crippen LogP) is 1.69. The number of fused-ring (bicyclic) bond motifs is 1. The van der Waals surface area contributed by atoms with E-state index in [1.165, 1.54) is 5.56 Å². The first-order valence-corrected chi connectivity index (χ1v) is 7.00. The fourth-order valence-electron chi connectivity index (χ4n) is 2.81. The summed E-state index contributed by atoms with van der Waals surface area (Å²) in [5, 5.41) is 3.27. The number of carbonyl (C=O) groups excluding carboxylic acids is 1. The summed E-state index contributed by atoms with van der Waals surface area (Å²) in [7, 11) is 0. The number of nitrogens with zero attached hydrogens (tertiary/aromatic N) is 1. The van der Waals surface area contributed by atoms with Gasteiger partial charge in [0.15, 0.2) is 0 Å². The number of benzene rings is 1. The third-order valence-corrected chi connectivity index (χ3v) is 3.93. The van der Waals surface area contributed by atoms with E-state index in [0.29, 0.717) is 6.54 Å². The van der Waals surface area contributed by atoms with Crippen molar-refractivity contribution in [3.8, 4) is 0 Å².